The third-order valence-corrected chi connectivity index (χ3v) is 4.39. The van der Waals surface area contributed by atoms with E-state index in [2.05, 4.69) is 40.8 Å². The minimum atomic E-state index is 0.698. The van der Waals surface area contributed by atoms with Crippen molar-refractivity contribution in [2.75, 3.05) is 26.2 Å². The summed E-state index contributed by atoms with van der Waals surface area (Å²) in [4.78, 5) is 2.58. The number of nitrogens with two attached hydrogens (primary N) is 1. The van der Waals surface area contributed by atoms with E-state index in [1.54, 1.807) is 0 Å². The normalized spacial score (nSPS) is 16.3. The van der Waals surface area contributed by atoms with Gasteiger partial charge >= 0.3 is 0 Å². The van der Waals surface area contributed by atoms with Gasteiger partial charge in [0.2, 0.25) is 0 Å². The lowest BCUT2D eigenvalue weighted by Gasteiger charge is -2.13. The highest BCUT2D eigenvalue weighted by Crippen LogP contribution is 2.23. The van der Waals surface area contributed by atoms with E-state index in [0.29, 0.717) is 6.54 Å². The van der Waals surface area contributed by atoms with Crippen LogP contribution in [0.5, 0.6) is 0 Å². The smallest absolute Gasteiger partial charge is 0.0486 e. The van der Waals surface area contributed by atoms with Gasteiger partial charge in [0.05, 0.1) is 0 Å². The SMILES string of the molecule is Cc1ccc2c(CCN3CCCC3)cn(CCN)c2c1. The van der Waals surface area contributed by atoms with Crippen molar-refractivity contribution >= 4 is 10.9 Å². The fourth-order valence-corrected chi connectivity index (χ4v) is 3.29. The van der Waals surface area contributed by atoms with Crippen LogP contribution >= 0.6 is 0 Å². The molecule has 0 spiro atoms. The van der Waals surface area contributed by atoms with Gasteiger partial charge < -0.3 is 15.2 Å². The summed E-state index contributed by atoms with van der Waals surface area (Å²) < 4.78 is 2.32. The lowest BCUT2D eigenvalue weighted by molar-refractivity contribution is 0.344. The number of benzene rings is 1. The Kier molecular flexibility index (Phi) is 4.08. The minimum absolute atomic E-state index is 0.698. The molecule has 1 aliphatic rings. The van der Waals surface area contributed by atoms with Gasteiger partial charge in [0, 0.05) is 36.7 Å². The van der Waals surface area contributed by atoms with Gasteiger partial charge in [0.15, 0.2) is 0 Å². The van der Waals surface area contributed by atoms with E-state index < -0.39 is 0 Å². The van der Waals surface area contributed by atoms with Crippen molar-refractivity contribution in [2.24, 2.45) is 5.73 Å². The second-order valence-corrected chi connectivity index (χ2v) is 5.96. The first kappa shape index (κ1) is 13.7. The summed E-state index contributed by atoms with van der Waals surface area (Å²) in [5.74, 6) is 0. The van der Waals surface area contributed by atoms with Gasteiger partial charge in [0.1, 0.15) is 0 Å². The van der Waals surface area contributed by atoms with Gasteiger partial charge in [0.25, 0.3) is 0 Å². The molecular formula is C17H25N3. The van der Waals surface area contributed by atoms with E-state index >= 15 is 0 Å². The molecule has 1 aromatic heterocycles. The van der Waals surface area contributed by atoms with E-state index in [1.807, 2.05) is 0 Å². The van der Waals surface area contributed by atoms with Crippen LogP contribution in [0.15, 0.2) is 24.4 Å². The predicted molar refractivity (Wildman–Crippen MR) is 85.1 cm³/mol. The van der Waals surface area contributed by atoms with Crippen molar-refractivity contribution in [2.45, 2.75) is 32.7 Å². The quantitative estimate of drug-likeness (QED) is 0.907. The van der Waals surface area contributed by atoms with Crippen molar-refractivity contribution in [1.82, 2.24) is 9.47 Å². The Hall–Kier alpha value is -1.32. The van der Waals surface area contributed by atoms with Crippen LogP contribution in [0.1, 0.15) is 24.0 Å². The summed E-state index contributed by atoms with van der Waals surface area (Å²) in [6.07, 6.45) is 6.20. The van der Waals surface area contributed by atoms with E-state index in [0.717, 1.165) is 13.0 Å². The molecule has 0 saturated carbocycles. The molecule has 0 unspecified atom stereocenters. The first-order valence-corrected chi connectivity index (χ1v) is 7.79. The molecule has 0 bridgehead atoms. The van der Waals surface area contributed by atoms with E-state index in [1.165, 1.54) is 54.5 Å². The van der Waals surface area contributed by atoms with Crippen molar-refractivity contribution in [1.29, 1.82) is 0 Å². The fourth-order valence-electron chi connectivity index (χ4n) is 3.29. The highest BCUT2D eigenvalue weighted by Gasteiger charge is 2.13. The number of fused-ring (bicyclic) bond motifs is 1. The molecule has 1 aromatic carbocycles. The monoisotopic (exact) mass is 271 g/mol. The number of nitrogens with zero attached hydrogens (tertiary/aromatic N) is 2. The summed E-state index contributed by atoms with van der Waals surface area (Å²) in [6.45, 7) is 7.51. The summed E-state index contributed by atoms with van der Waals surface area (Å²) in [6, 6.07) is 6.77. The highest BCUT2D eigenvalue weighted by molar-refractivity contribution is 5.84. The van der Waals surface area contributed by atoms with Gasteiger partial charge in [-0.25, -0.2) is 0 Å². The first-order valence-electron chi connectivity index (χ1n) is 7.79. The largest absolute Gasteiger partial charge is 0.346 e. The summed E-state index contributed by atoms with van der Waals surface area (Å²) in [7, 11) is 0. The van der Waals surface area contributed by atoms with E-state index in [-0.39, 0.29) is 0 Å². The maximum Gasteiger partial charge on any atom is 0.0486 e. The maximum absolute atomic E-state index is 5.74. The molecule has 0 aliphatic carbocycles. The highest BCUT2D eigenvalue weighted by atomic mass is 15.1. The maximum atomic E-state index is 5.74. The molecule has 3 heteroatoms. The van der Waals surface area contributed by atoms with Crippen molar-refractivity contribution in [3.8, 4) is 0 Å². The Morgan fingerprint density at radius 2 is 1.95 bits per heavy atom. The Morgan fingerprint density at radius 3 is 2.70 bits per heavy atom. The molecule has 1 saturated heterocycles. The number of rotatable bonds is 5. The molecule has 0 amide bonds. The van der Waals surface area contributed by atoms with Gasteiger partial charge in [-0.2, -0.15) is 0 Å². The Balaban J connectivity index is 1.85. The molecular weight excluding hydrogens is 246 g/mol. The molecule has 2 aromatic rings. The Morgan fingerprint density at radius 1 is 1.15 bits per heavy atom. The van der Waals surface area contributed by atoms with Crippen LogP contribution in [0.3, 0.4) is 0 Å². The molecule has 1 fully saturated rings. The topological polar surface area (TPSA) is 34.2 Å². The molecule has 0 atom stereocenters. The molecule has 0 radical (unpaired) electrons. The Labute approximate surface area is 121 Å². The average Bonchev–Trinajstić information content (AvgIpc) is 3.05. The molecule has 3 rings (SSSR count). The molecule has 108 valence electrons. The van der Waals surface area contributed by atoms with Gasteiger partial charge in [-0.15, -0.1) is 0 Å². The fraction of sp³-hybridized carbons (Fsp3) is 0.529. The average molecular weight is 271 g/mol. The van der Waals surface area contributed by atoms with E-state index in [4.69, 9.17) is 5.73 Å². The second kappa shape index (κ2) is 5.98. The van der Waals surface area contributed by atoms with Crippen LogP contribution in [-0.2, 0) is 13.0 Å². The van der Waals surface area contributed by atoms with Gasteiger partial charge in [-0.3, -0.25) is 0 Å². The summed E-state index contributed by atoms with van der Waals surface area (Å²) in [5.41, 5.74) is 9.87. The van der Waals surface area contributed by atoms with Crippen LogP contribution in [0.4, 0.5) is 0 Å². The molecule has 1 aliphatic heterocycles. The lowest BCUT2D eigenvalue weighted by atomic mass is 10.1. The zero-order chi connectivity index (χ0) is 13.9. The third-order valence-electron chi connectivity index (χ3n) is 4.39. The van der Waals surface area contributed by atoms with Gasteiger partial charge in [-0.1, -0.05) is 12.1 Å². The van der Waals surface area contributed by atoms with Crippen LogP contribution in [-0.4, -0.2) is 35.6 Å². The second-order valence-electron chi connectivity index (χ2n) is 5.96. The zero-order valence-corrected chi connectivity index (χ0v) is 12.4. The van der Waals surface area contributed by atoms with Crippen molar-refractivity contribution < 1.29 is 0 Å². The number of aromatic nitrogens is 1. The summed E-state index contributed by atoms with van der Waals surface area (Å²) >= 11 is 0. The summed E-state index contributed by atoms with van der Waals surface area (Å²) in [5, 5.41) is 1.41. The van der Waals surface area contributed by atoms with Crippen LogP contribution in [0, 0.1) is 6.92 Å². The first-order chi connectivity index (χ1) is 9.78. The molecule has 3 nitrogen and oxygen atoms in total. The predicted octanol–water partition coefficient (Wildman–Crippen LogP) is 2.55. The standard InChI is InChI=1S/C17H25N3/c1-14-4-5-16-15(6-10-19-8-2-3-9-19)13-20(11-7-18)17(16)12-14/h4-5,12-13H,2-3,6-11,18H2,1H3. The van der Waals surface area contributed by atoms with Crippen LogP contribution in [0.25, 0.3) is 10.9 Å². The number of hydrogen-bond donors (Lipinski definition) is 1. The van der Waals surface area contributed by atoms with E-state index in [9.17, 15) is 0 Å². The molecule has 20 heavy (non-hydrogen) atoms. The molecule has 2 heterocycles. The number of hydrogen-bond acceptors (Lipinski definition) is 2. The van der Waals surface area contributed by atoms with Crippen LogP contribution in [0.2, 0.25) is 0 Å². The van der Waals surface area contributed by atoms with Crippen LogP contribution < -0.4 is 5.73 Å². The zero-order valence-electron chi connectivity index (χ0n) is 12.4. The third kappa shape index (κ3) is 2.74. The number of likely N-dealkylation sites (tertiary alicyclic amines) is 1. The van der Waals surface area contributed by atoms with Gasteiger partial charge in [-0.05, 0) is 56.5 Å². The lowest BCUT2D eigenvalue weighted by Crippen LogP contribution is -2.21. The van der Waals surface area contributed by atoms with Crippen molar-refractivity contribution in [3.05, 3.63) is 35.5 Å². The minimum Gasteiger partial charge on any atom is -0.346 e. The Bertz CT molecular complexity index is 579. The van der Waals surface area contributed by atoms with Crippen molar-refractivity contribution in [3.63, 3.8) is 0 Å². The number of aryl methyl sites for hydroxylation is 1. The molecule has 2 N–H and O–H groups in total.